The van der Waals surface area contributed by atoms with E-state index >= 15 is 0 Å². The van der Waals surface area contributed by atoms with Crippen LogP contribution in [0.2, 0.25) is 0 Å². The molecule has 4 nitrogen and oxygen atoms in total. The summed E-state index contributed by atoms with van der Waals surface area (Å²) in [4.78, 5) is 10.6. The van der Waals surface area contributed by atoms with Crippen molar-refractivity contribution >= 4 is 5.97 Å². The molecule has 0 bridgehead atoms. The lowest BCUT2D eigenvalue weighted by atomic mass is 10.1. The number of benzene rings is 1. The summed E-state index contributed by atoms with van der Waals surface area (Å²) < 4.78 is 10.6. The Morgan fingerprint density at radius 3 is 2.62 bits per heavy atom. The monoisotopic (exact) mass is 287 g/mol. The van der Waals surface area contributed by atoms with Gasteiger partial charge in [0.1, 0.15) is 18.1 Å². The Bertz CT molecular complexity index is 548. The highest BCUT2D eigenvalue weighted by Gasteiger charge is 2.03. The molecule has 1 N–H and O–H groups in total. The maximum Gasteiger partial charge on any atom is 0.302 e. The zero-order chi connectivity index (χ0) is 14.9. The number of ether oxygens (including phenoxy) is 1. The Balaban J connectivity index is 1.68. The first kappa shape index (κ1) is 15.3. The number of nitrogens with one attached hydrogen (secondary N) is 1. The van der Waals surface area contributed by atoms with E-state index in [1.807, 2.05) is 18.2 Å². The Morgan fingerprint density at radius 1 is 1.10 bits per heavy atom. The normalized spacial score (nSPS) is 10.5. The molecule has 0 aliphatic heterocycles. The van der Waals surface area contributed by atoms with Gasteiger partial charge in [-0.1, -0.05) is 30.3 Å². The van der Waals surface area contributed by atoms with E-state index in [-0.39, 0.29) is 5.97 Å². The summed E-state index contributed by atoms with van der Waals surface area (Å²) in [5.41, 5.74) is 1.31. The van der Waals surface area contributed by atoms with Gasteiger partial charge in [-0.25, -0.2) is 0 Å². The Labute approximate surface area is 125 Å². The maximum absolute atomic E-state index is 10.6. The molecule has 1 aromatic carbocycles. The van der Waals surface area contributed by atoms with Gasteiger partial charge in [-0.05, 0) is 24.1 Å². The molecule has 0 radical (unpaired) electrons. The predicted octanol–water partition coefficient (Wildman–Crippen LogP) is 2.72. The Hall–Kier alpha value is -2.07. The molecule has 2 rings (SSSR count). The number of hydrogen-bond acceptors (Lipinski definition) is 4. The minimum atomic E-state index is -0.252. The molecule has 0 unspecified atom stereocenters. The van der Waals surface area contributed by atoms with Gasteiger partial charge < -0.3 is 14.5 Å². The van der Waals surface area contributed by atoms with Crippen LogP contribution in [0.25, 0.3) is 0 Å². The Morgan fingerprint density at radius 2 is 1.86 bits per heavy atom. The first-order valence-corrected chi connectivity index (χ1v) is 7.19. The molecule has 1 heterocycles. The molecule has 0 aliphatic carbocycles. The molecule has 0 amide bonds. The fourth-order valence-corrected chi connectivity index (χ4v) is 2.04. The molecule has 0 saturated carbocycles. The third-order valence-corrected chi connectivity index (χ3v) is 3.10. The van der Waals surface area contributed by atoms with Gasteiger partial charge in [-0.2, -0.15) is 0 Å². The van der Waals surface area contributed by atoms with Gasteiger partial charge in [-0.3, -0.25) is 4.79 Å². The van der Waals surface area contributed by atoms with Gasteiger partial charge in [0, 0.05) is 19.9 Å². The average molecular weight is 287 g/mol. The molecule has 0 atom stereocenters. The number of hydrogen-bond donors (Lipinski definition) is 1. The second-order valence-electron chi connectivity index (χ2n) is 4.87. The van der Waals surface area contributed by atoms with Crippen molar-refractivity contribution in [3.63, 3.8) is 0 Å². The van der Waals surface area contributed by atoms with Crippen LogP contribution in [0.4, 0.5) is 0 Å². The molecular weight excluding hydrogens is 266 g/mol. The fourth-order valence-electron chi connectivity index (χ4n) is 2.04. The largest absolute Gasteiger partial charge is 0.465 e. The summed E-state index contributed by atoms with van der Waals surface area (Å²) in [5, 5.41) is 3.17. The zero-order valence-corrected chi connectivity index (χ0v) is 12.3. The first-order valence-electron chi connectivity index (χ1n) is 7.19. The molecule has 112 valence electrons. The standard InChI is InChI=1S/C17H21NO3/c1-14(19)20-12-11-18-13-17-10-9-16(21-17)8-7-15-5-3-2-4-6-15/h2-6,9-10,18H,7-8,11-13H2,1H3. The molecule has 4 heteroatoms. The van der Waals surface area contributed by atoms with Crippen molar-refractivity contribution in [2.45, 2.75) is 26.3 Å². The predicted molar refractivity (Wildman–Crippen MR) is 80.9 cm³/mol. The van der Waals surface area contributed by atoms with Crippen LogP contribution < -0.4 is 5.32 Å². The number of aryl methyl sites for hydroxylation is 2. The second kappa shape index (κ2) is 8.27. The molecule has 0 saturated heterocycles. The molecule has 1 aromatic heterocycles. The van der Waals surface area contributed by atoms with Crippen LogP contribution in [0.1, 0.15) is 24.0 Å². The van der Waals surface area contributed by atoms with Crippen LogP contribution in [-0.4, -0.2) is 19.1 Å². The van der Waals surface area contributed by atoms with Gasteiger partial charge in [-0.15, -0.1) is 0 Å². The number of rotatable bonds is 8. The maximum atomic E-state index is 10.6. The lowest BCUT2D eigenvalue weighted by Crippen LogP contribution is -2.20. The summed E-state index contributed by atoms with van der Waals surface area (Å²) in [7, 11) is 0. The van der Waals surface area contributed by atoms with E-state index in [4.69, 9.17) is 9.15 Å². The average Bonchev–Trinajstić information content (AvgIpc) is 2.93. The smallest absolute Gasteiger partial charge is 0.302 e. The SMILES string of the molecule is CC(=O)OCCNCc1ccc(CCc2ccccc2)o1. The molecule has 21 heavy (non-hydrogen) atoms. The lowest BCUT2D eigenvalue weighted by Gasteiger charge is -2.03. The topological polar surface area (TPSA) is 51.5 Å². The summed E-state index contributed by atoms with van der Waals surface area (Å²) in [6, 6.07) is 14.4. The van der Waals surface area contributed by atoms with Crippen LogP contribution in [0.3, 0.4) is 0 Å². The van der Waals surface area contributed by atoms with Crippen molar-refractivity contribution in [3.8, 4) is 0 Å². The van der Waals surface area contributed by atoms with E-state index in [1.165, 1.54) is 12.5 Å². The van der Waals surface area contributed by atoms with E-state index in [0.717, 1.165) is 24.4 Å². The molecule has 0 spiro atoms. The van der Waals surface area contributed by atoms with Crippen LogP contribution in [0.15, 0.2) is 46.9 Å². The number of carbonyl (C=O) groups is 1. The quantitative estimate of drug-likeness (QED) is 0.599. The number of carbonyl (C=O) groups excluding carboxylic acids is 1. The molecule has 0 aliphatic rings. The summed E-state index contributed by atoms with van der Waals surface area (Å²) in [6.07, 6.45) is 1.88. The van der Waals surface area contributed by atoms with Gasteiger partial charge in [0.25, 0.3) is 0 Å². The van der Waals surface area contributed by atoms with E-state index in [2.05, 4.69) is 29.6 Å². The van der Waals surface area contributed by atoms with Crippen molar-refractivity contribution in [1.29, 1.82) is 0 Å². The Kier molecular flexibility index (Phi) is 6.03. The van der Waals surface area contributed by atoms with Crippen molar-refractivity contribution < 1.29 is 13.9 Å². The van der Waals surface area contributed by atoms with Gasteiger partial charge in [0.2, 0.25) is 0 Å². The highest BCUT2D eigenvalue weighted by Crippen LogP contribution is 2.11. The second-order valence-corrected chi connectivity index (χ2v) is 4.87. The number of furan rings is 1. The van der Waals surface area contributed by atoms with E-state index in [0.29, 0.717) is 19.7 Å². The highest BCUT2D eigenvalue weighted by molar-refractivity contribution is 5.65. The van der Waals surface area contributed by atoms with Crippen molar-refractivity contribution in [2.75, 3.05) is 13.2 Å². The van der Waals surface area contributed by atoms with Gasteiger partial charge >= 0.3 is 5.97 Å². The van der Waals surface area contributed by atoms with Crippen molar-refractivity contribution in [2.24, 2.45) is 0 Å². The van der Waals surface area contributed by atoms with Crippen LogP contribution in [-0.2, 0) is 28.9 Å². The minimum absolute atomic E-state index is 0.252. The molecular formula is C17H21NO3. The van der Waals surface area contributed by atoms with Crippen molar-refractivity contribution in [1.82, 2.24) is 5.32 Å². The summed E-state index contributed by atoms with van der Waals surface area (Å²) in [6.45, 7) is 3.06. The summed E-state index contributed by atoms with van der Waals surface area (Å²) >= 11 is 0. The van der Waals surface area contributed by atoms with Crippen LogP contribution in [0.5, 0.6) is 0 Å². The third kappa shape index (κ3) is 5.83. The summed E-state index contributed by atoms with van der Waals surface area (Å²) in [5.74, 6) is 1.65. The first-order chi connectivity index (χ1) is 10.2. The third-order valence-electron chi connectivity index (χ3n) is 3.10. The van der Waals surface area contributed by atoms with Gasteiger partial charge in [0.15, 0.2) is 0 Å². The zero-order valence-electron chi connectivity index (χ0n) is 12.3. The highest BCUT2D eigenvalue weighted by atomic mass is 16.5. The molecule has 0 fully saturated rings. The van der Waals surface area contributed by atoms with Gasteiger partial charge in [0.05, 0.1) is 6.54 Å². The molecule has 2 aromatic rings. The van der Waals surface area contributed by atoms with Crippen LogP contribution in [0, 0.1) is 0 Å². The fraction of sp³-hybridized carbons (Fsp3) is 0.353. The van der Waals surface area contributed by atoms with E-state index < -0.39 is 0 Å². The van der Waals surface area contributed by atoms with E-state index in [1.54, 1.807) is 0 Å². The number of esters is 1. The van der Waals surface area contributed by atoms with Crippen molar-refractivity contribution in [3.05, 3.63) is 59.5 Å². The minimum Gasteiger partial charge on any atom is -0.465 e. The lowest BCUT2D eigenvalue weighted by molar-refractivity contribution is -0.140. The van der Waals surface area contributed by atoms with Crippen LogP contribution >= 0.6 is 0 Å². The van der Waals surface area contributed by atoms with E-state index in [9.17, 15) is 4.79 Å².